The molecule has 2 heterocycles. The van der Waals surface area contributed by atoms with Gasteiger partial charge in [0.2, 0.25) is 5.88 Å². The van der Waals surface area contributed by atoms with Gasteiger partial charge in [0.05, 0.1) is 26.0 Å². The zero-order chi connectivity index (χ0) is 21.8. The number of urea groups is 1. The Hall–Kier alpha value is -2.59. The maximum atomic E-state index is 13.1. The first-order valence-corrected chi connectivity index (χ1v) is 12.2. The van der Waals surface area contributed by atoms with E-state index >= 15 is 0 Å². The number of amides is 2. The van der Waals surface area contributed by atoms with Crippen LogP contribution in [0, 0.1) is 10.2 Å². The number of nitrogens with zero attached hydrogens (tertiary/aromatic N) is 2. The van der Waals surface area contributed by atoms with Gasteiger partial charge >= 0.3 is 6.03 Å². The maximum Gasteiger partial charge on any atom is 0.331 e. The lowest BCUT2D eigenvalue weighted by Gasteiger charge is -2.32. The van der Waals surface area contributed by atoms with Gasteiger partial charge in [0.1, 0.15) is 4.90 Å². The van der Waals surface area contributed by atoms with Gasteiger partial charge in [-0.15, -0.1) is 0 Å². The number of carbonyl (C=O) groups excluding carboxylic acids is 1. The van der Waals surface area contributed by atoms with Crippen LogP contribution in [0.2, 0.25) is 0 Å². The van der Waals surface area contributed by atoms with Crippen molar-refractivity contribution in [2.45, 2.75) is 56.9 Å². The minimum atomic E-state index is -3.68. The van der Waals surface area contributed by atoms with Crippen LogP contribution < -0.4 is 14.8 Å². The van der Waals surface area contributed by atoms with E-state index in [9.17, 15) is 14.1 Å². The van der Waals surface area contributed by atoms with Crippen LogP contribution in [-0.2, 0) is 42.1 Å². The number of benzene rings is 1. The highest BCUT2D eigenvalue weighted by Gasteiger charge is 2.35. The molecule has 0 bridgehead atoms. The van der Waals surface area contributed by atoms with Gasteiger partial charge in [0, 0.05) is 11.1 Å². The zero-order valence-electron chi connectivity index (χ0n) is 17.5. The van der Waals surface area contributed by atoms with Gasteiger partial charge in [0.25, 0.3) is 0 Å². The molecule has 2 aromatic rings. The number of aromatic nitrogens is 2. The molecule has 2 amide bonds. The first-order chi connectivity index (χ1) is 14.8. The van der Waals surface area contributed by atoms with Gasteiger partial charge in [-0.2, -0.15) is 5.10 Å². The molecule has 1 aromatic heterocycles. The highest BCUT2D eigenvalue weighted by Crippen LogP contribution is 2.39. The Morgan fingerprint density at radius 3 is 2.61 bits per heavy atom. The van der Waals surface area contributed by atoms with Crippen molar-refractivity contribution < 1.29 is 18.8 Å². The van der Waals surface area contributed by atoms with Crippen molar-refractivity contribution in [3.8, 4) is 5.88 Å². The molecule has 10 heteroatoms. The van der Waals surface area contributed by atoms with Gasteiger partial charge in [-0.05, 0) is 60.8 Å². The van der Waals surface area contributed by atoms with Gasteiger partial charge in [-0.1, -0.05) is 13.0 Å². The molecule has 0 spiro atoms. The SMILES string of the molecule is CC1(CO)COc2c(S(=N)(=O)NC(=O)Nc3c4c(cc5c3CCC5)CCC4)cnn2C1. The Labute approximate surface area is 181 Å². The van der Waals surface area contributed by atoms with Crippen LogP contribution in [0.4, 0.5) is 10.5 Å². The van der Waals surface area contributed by atoms with Gasteiger partial charge < -0.3 is 15.2 Å². The summed E-state index contributed by atoms with van der Waals surface area (Å²) in [6.07, 6.45) is 7.30. The number of aliphatic hydroxyl groups is 1. The zero-order valence-corrected chi connectivity index (χ0v) is 18.3. The highest BCUT2D eigenvalue weighted by molar-refractivity contribution is 7.91. The second-order valence-corrected chi connectivity index (χ2v) is 10.8. The lowest BCUT2D eigenvalue weighted by molar-refractivity contribution is 0.0287. The molecule has 4 N–H and O–H groups in total. The maximum absolute atomic E-state index is 13.1. The fraction of sp³-hybridized carbons (Fsp3) is 0.524. The van der Waals surface area contributed by atoms with Gasteiger partial charge in [-0.25, -0.2) is 23.2 Å². The van der Waals surface area contributed by atoms with Crippen LogP contribution in [0.5, 0.6) is 5.88 Å². The smallest absolute Gasteiger partial charge is 0.331 e. The molecule has 2 aliphatic carbocycles. The van der Waals surface area contributed by atoms with Crippen molar-refractivity contribution in [1.29, 1.82) is 4.78 Å². The van der Waals surface area contributed by atoms with Crippen molar-refractivity contribution in [1.82, 2.24) is 14.5 Å². The number of fused-ring (bicyclic) bond motifs is 3. The number of nitrogens with one attached hydrogen (secondary N) is 3. The second kappa shape index (κ2) is 7.23. The number of aliphatic hydroxyl groups excluding tert-OH is 1. The quantitative estimate of drug-likeness (QED) is 0.574. The van der Waals surface area contributed by atoms with Crippen LogP contribution in [-0.4, -0.2) is 38.3 Å². The van der Waals surface area contributed by atoms with E-state index < -0.39 is 21.4 Å². The third kappa shape index (κ3) is 3.47. The molecule has 2 unspecified atom stereocenters. The number of rotatable bonds is 4. The first-order valence-electron chi connectivity index (χ1n) is 10.6. The molecule has 0 radical (unpaired) electrons. The van der Waals surface area contributed by atoms with Crippen LogP contribution in [0.15, 0.2) is 17.2 Å². The van der Waals surface area contributed by atoms with Crippen LogP contribution in [0.1, 0.15) is 42.0 Å². The summed E-state index contributed by atoms with van der Waals surface area (Å²) in [5.41, 5.74) is 5.24. The summed E-state index contributed by atoms with van der Waals surface area (Å²) in [6.45, 7) is 2.37. The number of anilines is 1. The number of hydrogen-bond donors (Lipinski definition) is 4. The number of aryl methyl sites for hydroxylation is 2. The lowest BCUT2D eigenvalue weighted by Crippen LogP contribution is -2.39. The topological polar surface area (TPSA) is 129 Å². The molecule has 1 aromatic carbocycles. The van der Waals surface area contributed by atoms with E-state index in [-0.39, 0.29) is 24.0 Å². The molecule has 0 saturated heterocycles. The molecule has 0 fully saturated rings. The Kier molecular flexibility index (Phi) is 4.74. The van der Waals surface area contributed by atoms with Crippen LogP contribution in [0.25, 0.3) is 0 Å². The molecule has 31 heavy (non-hydrogen) atoms. The third-order valence-electron chi connectivity index (χ3n) is 6.49. The summed E-state index contributed by atoms with van der Waals surface area (Å²) in [5, 5.41) is 16.6. The highest BCUT2D eigenvalue weighted by atomic mass is 32.2. The second-order valence-electron chi connectivity index (χ2n) is 9.08. The minimum Gasteiger partial charge on any atom is -0.476 e. The van der Waals surface area contributed by atoms with Crippen molar-refractivity contribution in [3.63, 3.8) is 0 Å². The van der Waals surface area contributed by atoms with Crippen molar-refractivity contribution in [2.24, 2.45) is 5.41 Å². The van der Waals surface area contributed by atoms with Gasteiger partial charge in [-0.3, -0.25) is 0 Å². The van der Waals surface area contributed by atoms with E-state index in [4.69, 9.17) is 9.52 Å². The summed E-state index contributed by atoms with van der Waals surface area (Å²) in [7, 11) is -3.68. The van der Waals surface area contributed by atoms with Crippen LogP contribution in [0.3, 0.4) is 0 Å². The Balaban J connectivity index is 1.38. The fourth-order valence-corrected chi connectivity index (χ4v) is 5.88. The van der Waals surface area contributed by atoms with E-state index in [0.717, 1.165) is 44.2 Å². The molecule has 0 saturated carbocycles. The Morgan fingerprint density at radius 2 is 1.97 bits per heavy atom. The summed E-state index contributed by atoms with van der Waals surface area (Å²) in [4.78, 5) is 12.9. The third-order valence-corrected chi connectivity index (χ3v) is 7.86. The molecule has 3 aliphatic rings. The summed E-state index contributed by atoms with van der Waals surface area (Å²) in [6, 6.07) is 1.61. The van der Waals surface area contributed by atoms with E-state index in [0.29, 0.717) is 6.54 Å². The molecule has 166 valence electrons. The minimum absolute atomic E-state index is 0.0335. The summed E-state index contributed by atoms with van der Waals surface area (Å²) < 4.78 is 31.0. The molecule has 5 rings (SSSR count). The van der Waals surface area contributed by atoms with E-state index in [1.807, 2.05) is 6.92 Å². The Bertz CT molecular complexity index is 1140. The molecule has 1 aliphatic heterocycles. The summed E-state index contributed by atoms with van der Waals surface area (Å²) >= 11 is 0. The molecule has 9 nitrogen and oxygen atoms in total. The largest absolute Gasteiger partial charge is 0.476 e. The molecular formula is C21H27N5O4S. The predicted octanol–water partition coefficient (Wildman–Crippen LogP) is 2.39. The Morgan fingerprint density at radius 1 is 1.29 bits per heavy atom. The lowest BCUT2D eigenvalue weighted by atomic mass is 9.92. The van der Waals surface area contributed by atoms with Gasteiger partial charge in [0.15, 0.2) is 9.92 Å². The van der Waals surface area contributed by atoms with E-state index in [1.54, 1.807) is 0 Å². The number of carbonyl (C=O) groups is 1. The summed E-state index contributed by atoms with van der Waals surface area (Å²) in [5.74, 6) is 0.202. The monoisotopic (exact) mass is 445 g/mol. The van der Waals surface area contributed by atoms with Crippen molar-refractivity contribution in [3.05, 3.63) is 34.5 Å². The predicted molar refractivity (Wildman–Crippen MR) is 115 cm³/mol. The van der Waals surface area contributed by atoms with E-state index in [2.05, 4.69) is 21.2 Å². The average molecular weight is 446 g/mol. The van der Waals surface area contributed by atoms with Crippen molar-refractivity contribution in [2.75, 3.05) is 18.5 Å². The first kappa shape index (κ1) is 20.3. The average Bonchev–Trinajstić information content (AvgIpc) is 3.46. The number of ether oxygens (including phenoxy) is 1. The standard InChI is InChI=1S/C21H27N5O4S/c1-21(11-27)10-26-19(30-12-21)17(9-23-26)31(22,29)25-20(28)24-18-15-6-2-4-13(15)8-14-5-3-7-16(14)18/h8-9,27H,2-7,10-12H2,1H3,(H3,22,24,25,28,29). The van der Waals surface area contributed by atoms with E-state index in [1.165, 1.54) is 33.1 Å². The van der Waals surface area contributed by atoms with Crippen molar-refractivity contribution >= 4 is 21.6 Å². The normalized spacial score (nSPS) is 23.3. The molecule has 2 atom stereocenters. The van der Waals surface area contributed by atoms with Crippen LogP contribution >= 0.6 is 0 Å². The fourth-order valence-electron chi connectivity index (χ4n) is 4.85. The number of hydrogen-bond acceptors (Lipinski definition) is 6. The molecular weight excluding hydrogens is 418 g/mol.